The van der Waals surface area contributed by atoms with Crippen LogP contribution in [0.1, 0.15) is 26.2 Å². The zero-order chi connectivity index (χ0) is 11.4. The van der Waals surface area contributed by atoms with Gasteiger partial charge in [0.25, 0.3) is 0 Å². The zero-order valence-corrected chi connectivity index (χ0v) is 10.2. The van der Waals surface area contributed by atoms with Crippen molar-refractivity contribution >= 4 is 5.91 Å². The normalized spacial score (nSPS) is 31.6. The predicted octanol–water partition coefficient (Wildman–Crippen LogP) is 0.196. The molecule has 2 saturated heterocycles. The van der Waals surface area contributed by atoms with Crippen molar-refractivity contribution in [1.82, 2.24) is 15.5 Å². The van der Waals surface area contributed by atoms with E-state index in [9.17, 15) is 4.79 Å². The Morgan fingerprint density at radius 1 is 1.50 bits per heavy atom. The minimum Gasteiger partial charge on any atom is -0.352 e. The van der Waals surface area contributed by atoms with Crippen molar-refractivity contribution in [3.8, 4) is 0 Å². The third-order valence-electron chi connectivity index (χ3n) is 3.60. The quantitative estimate of drug-likeness (QED) is 0.721. The topological polar surface area (TPSA) is 44.4 Å². The monoisotopic (exact) mass is 225 g/mol. The predicted molar refractivity (Wildman–Crippen MR) is 64.3 cm³/mol. The summed E-state index contributed by atoms with van der Waals surface area (Å²) in [6, 6.07) is 0.383. The molecule has 4 heteroatoms. The molecule has 0 radical (unpaired) electrons. The summed E-state index contributed by atoms with van der Waals surface area (Å²) in [5.74, 6) is 0.913. The molecule has 92 valence electrons. The first-order chi connectivity index (χ1) is 7.74. The molecule has 0 aromatic heterocycles. The molecule has 2 heterocycles. The van der Waals surface area contributed by atoms with Crippen LogP contribution in [0.15, 0.2) is 0 Å². The maximum atomic E-state index is 11.0. The number of nitrogens with zero attached hydrogens (tertiary/aromatic N) is 1. The van der Waals surface area contributed by atoms with Gasteiger partial charge >= 0.3 is 0 Å². The third kappa shape index (κ3) is 3.46. The molecule has 1 amide bonds. The number of piperidine rings is 1. The van der Waals surface area contributed by atoms with Gasteiger partial charge in [0.2, 0.25) is 5.91 Å². The highest BCUT2D eigenvalue weighted by Gasteiger charge is 2.25. The smallest absolute Gasteiger partial charge is 0.217 e. The van der Waals surface area contributed by atoms with Crippen LogP contribution < -0.4 is 10.6 Å². The van der Waals surface area contributed by atoms with Gasteiger partial charge in [0.1, 0.15) is 0 Å². The van der Waals surface area contributed by atoms with E-state index in [1.165, 1.54) is 32.5 Å². The van der Waals surface area contributed by atoms with E-state index in [2.05, 4.69) is 15.5 Å². The van der Waals surface area contributed by atoms with Crippen molar-refractivity contribution in [3.05, 3.63) is 0 Å². The fourth-order valence-corrected chi connectivity index (χ4v) is 2.85. The molecular formula is C12H23N3O. The number of rotatable bonds is 3. The van der Waals surface area contributed by atoms with Gasteiger partial charge in [-0.3, -0.25) is 4.79 Å². The highest BCUT2D eigenvalue weighted by atomic mass is 16.1. The largest absolute Gasteiger partial charge is 0.352 e. The van der Waals surface area contributed by atoms with Gasteiger partial charge in [-0.15, -0.1) is 0 Å². The molecule has 0 spiro atoms. The molecule has 16 heavy (non-hydrogen) atoms. The molecule has 2 aliphatic rings. The standard InChI is InChI=1S/C12H23N3O/c1-10(16)14-12-4-6-15(9-12)8-11-3-2-5-13-7-11/h11-13H,2-9H2,1H3,(H,14,16). The summed E-state index contributed by atoms with van der Waals surface area (Å²) >= 11 is 0. The molecule has 2 fully saturated rings. The van der Waals surface area contributed by atoms with Gasteiger partial charge in [-0.05, 0) is 38.3 Å². The third-order valence-corrected chi connectivity index (χ3v) is 3.60. The van der Waals surface area contributed by atoms with Gasteiger partial charge in [-0.2, -0.15) is 0 Å². The summed E-state index contributed by atoms with van der Waals surface area (Å²) in [6.45, 7) is 7.33. The van der Waals surface area contributed by atoms with E-state index in [4.69, 9.17) is 0 Å². The van der Waals surface area contributed by atoms with Gasteiger partial charge in [0.15, 0.2) is 0 Å². The Balaban J connectivity index is 1.69. The van der Waals surface area contributed by atoms with Crippen LogP contribution in [0.3, 0.4) is 0 Å². The van der Waals surface area contributed by atoms with Crippen LogP contribution in [0.5, 0.6) is 0 Å². The van der Waals surface area contributed by atoms with Gasteiger partial charge in [0.05, 0.1) is 0 Å². The number of nitrogens with one attached hydrogen (secondary N) is 2. The second kappa shape index (κ2) is 5.64. The molecule has 0 aliphatic carbocycles. The van der Waals surface area contributed by atoms with Gasteiger partial charge in [-0.1, -0.05) is 0 Å². The van der Waals surface area contributed by atoms with E-state index in [0.29, 0.717) is 6.04 Å². The van der Waals surface area contributed by atoms with Crippen LogP contribution in [0.25, 0.3) is 0 Å². The minimum atomic E-state index is 0.103. The fraction of sp³-hybridized carbons (Fsp3) is 0.917. The SMILES string of the molecule is CC(=O)NC1CCN(CC2CCCNC2)C1. The second-order valence-electron chi connectivity index (χ2n) is 5.16. The van der Waals surface area contributed by atoms with Crippen LogP contribution in [-0.4, -0.2) is 49.6 Å². The summed E-state index contributed by atoms with van der Waals surface area (Å²) < 4.78 is 0. The first kappa shape index (κ1) is 11.9. The van der Waals surface area contributed by atoms with Gasteiger partial charge in [0, 0.05) is 32.6 Å². The Labute approximate surface area is 97.8 Å². The molecule has 2 unspecified atom stereocenters. The molecule has 2 atom stereocenters. The highest BCUT2D eigenvalue weighted by Crippen LogP contribution is 2.16. The fourth-order valence-electron chi connectivity index (χ4n) is 2.85. The van der Waals surface area contributed by atoms with E-state index in [1.807, 2.05) is 0 Å². The van der Waals surface area contributed by atoms with Crippen molar-refractivity contribution in [2.24, 2.45) is 5.92 Å². The lowest BCUT2D eigenvalue weighted by Gasteiger charge is -2.27. The Morgan fingerprint density at radius 2 is 2.38 bits per heavy atom. The van der Waals surface area contributed by atoms with Crippen molar-refractivity contribution < 1.29 is 4.79 Å². The molecular weight excluding hydrogens is 202 g/mol. The summed E-state index contributed by atoms with van der Waals surface area (Å²) in [7, 11) is 0. The molecule has 2 rings (SSSR count). The summed E-state index contributed by atoms with van der Waals surface area (Å²) in [5, 5.41) is 6.47. The first-order valence-electron chi connectivity index (χ1n) is 6.44. The van der Waals surface area contributed by atoms with E-state index in [0.717, 1.165) is 25.4 Å². The molecule has 0 bridgehead atoms. The molecule has 2 N–H and O–H groups in total. The number of carbonyl (C=O) groups is 1. The Morgan fingerprint density at radius 3 is 3.06 bits per heavy atom. The van der Waals surface area contributed by atoms with Crippen LogP contribution in [0.2, 0.25) is 0 Å². The Hall–Kier alpha value is -0.610. The van der Waals surface area contributed by atoms with Gasteiger partial charge < -0.3 is 15.5 Å². The summed E-state index contributed by atoms with van der Waals surface area (Å²) in [5.41, 5.74) is 0. The van der Waals surface area contributed by atoms with E-state index in [1.54, 1.807) is 6.92 Å². The van der Waals surface area contributed by atoms with Crippen molar-refractivity contribution in [2.75, 3.05) is 32.7 Å². The second-order valence-corrected chi connectivity index (χ2v) is 5.16. The lowest BCUT2D eigenvalue weighted by atomic mass is 9.99. The van der Waals surface area contributed by atoms with E-state index in [-0.39, 0.29) is 5.91 Å². The van der Waals surface area contributed by atoms with E-state index < -0.39 is 0 Å². The lowest BCUT2D eigenvalue weighted by molar-refractivity contribution is -0.119. The molecule has 4 nitrogen and oxygen atoms in total. The Bertz CT molecular complexity index is 238. The lowest BCUT2D eigenvalue weighted by Crippen LogP contribution is -2.39. The maximum absolute atomic E-state index is 11.0. The number of likely N-dealkylation sites (tertiary alicyclic amines) is 1. The van der Waals surface area contributed by atoms with Crippen molar-refractivity contribution in [1.29, 1.82) is 0 Å². The highest BCUT2D eigenvalue weighted by molar-refractivity contribution is 5.73. The van der Waals surface area contributed by atoms with Crippen molar-refractivity contribution in [2.45, 2.75) is 32.2 Å². The zero-order valence-electron chi connectivity index (χ0n) is 10.2. The molecule has 0 aromatic rings. The van der Waals surface area contributed by atoms with Crippen LogP contribution in [-0.2, 0) is 4.79 Å². The average molecular weight is 225 g/mol. The minimum absolute atomic E-state index is 0.103. The van der Waals surface area contributed by atoms with Crippen molar-refractivity contribution in [3.63, 3.8) is 0 Å². The number of hydrogen-bond donors (Lipinski definition) is 2. The Kier molecular flexibility index (Phi) is 4.18. The first-order valence-corrected chi connectivity index (χ1v) is 6.44. The number of carbonyl (C=O) groups excluding carboxylic acids is 1. The number of hydrogen-bond acceptors (Lipinski definition) is 3. The van der Waals surface area contributed by atoms with E-state index >= 15 is 0 Å². The molecule has 0 aromatic carbocycles. The van der Waals surface area contributed by atoms with Crippen LogP contribution in [0.4, 0.5) is 0 Å². The van der Waals surface area contributed by atoms with Gasteiger partial charge in [-0.25, -0.2) is 0 Å². The molecule has 0 saturated carbocycles. The molecule has 2 aliphatic heterocycles. The summed E-state index contributed by atoms with van der Waals surface area (Å²) in [6.07, 6.45) is 3.78. The van der Waals surface area contributed by atoms with Crippen LogP contribution in [0, 0.1) is 5.92 Å². The number of amides is 1. The summed E-state index contributed by atoms with van der Waals surface area (Å²) in [4.78, 5) is 13.5. The van der Waals surface area contributed by atoms with Crippen LogP contribution >= 0.6 is 0 Å². The maximum Gasteiger partial charge on any atom is 0.217 e. The average Bonchev–Trinajstić information content (AvgIpc) is 2.66.